The molecule has 0 aliphatic heterocycles. The Kier molecular flexibility index (Phi) is 7.47. The number of benzene rings is 6. The van der Waals surface area contributed by atoms with E-state index in [9.17, 15) is 4.79 Å². The van der Waals surface area contributed by atoms with Crippen LogP contribution in [-0.4, -0.2) is 13.1 Å². The average molecular weight is 533 g/mol. The van der Waals surface area contributed by atoms with Gasteiger partial charge in [-0.25, -0.2) is 0 Å². The number of esters is 1. The van der Waals surface area contributed by atoms with E-state index in [0.29, 0.717) is 12.8 Å². The van der Waals surface area contributed by atoms with Crippen LogP contribution in [0.2, 0.25) is 0 Å². The van der Waals surface area contributed by atoms with E-state index >= 15 is 0 Å². The fourth-order valence-corrected chi connectivity index (χ4v) is 5.95. The molecule has 0 atom stereocenters. The van der Waals surface area contributed by atoms with Crippen LogP contribution in [-0.2, 0) is 21.4 Å². The highest BCUT2D eigenvalue weighted by atomic mass is 16.5. The van der Waals surface area contributed by atoms with Gasteiger partial charge in [-0.15, -0.1) is 0 Å². The van der Waals surface area contributed by atoms with E-state index in [2.05, 4.69) is 152 Å². The zero-order valence-corrected chi connectivity index (χ0v) is 23.2. The van der Waals surface area contributed by atoms with Gasteiger partial charge < -0.3 is 4.74 Å². The molecule has 0 bridgehead atoms. The van der Waals surface area contributed by atoms with Gasteiger partial charge in [0.1, 0.15) is 0 Å². The van der Waals surface area contributed by atoms with Crippen LogP contribution in [0.25, 0.3) is 21.9 Å². The van der Waals surface area contributed by atoms with Crippen molar-refractivity contribution in [1.29, 1.82) is 0 Å². The minimum atomic E-state index is -0.545. The van der Waals surface area contributed by atoms with Gasteiger partial charge in [-0.2, -0.15) is 0 Å². The summed E-state index contributed by atoms with van der Waals surface area (Å²) in [5.74, 6) is -0.192. The first-order chi connectivity index (χ1) is 20.2. The van der Waals surface area contributed by atoms with Crippen LogP contribution in [0.3, 0.4) is 0 Å². The van der Waals surface area contributed by atoms with Crippen molar-refractivity contribution < 1.29 is 9.53 Å². The third-order valence-electron chi connectivity index (χ3n) is 8.02. The summed E-state index contributed by atoms with van der Waals surface area (Å²) in [5, 5.41) is 2.47. The molecule has 0 saturated heterocycles. The first-order valence-corrected chi connectivity index (χ1v) is 14.1. The Morgan fingerprint density at radius 1 is 0.537 bits per heavy atom. The number of methoxy groups -OCH3 is 1. The van der Waals surface area contributed by atoms with Crippen molar-refractivity contribution in [3.05, 3.63) is 179 Å². The zero-order chi connectivity index (χ0) is 28.1. The molecule has 0 aromatic heterocycles. The lowest BCUT2D eigenvalue weighted by atomic mass is 9.64. The summed E-state index contributed by atoms with van der Waals surface area (Å²) in [4.78, 5) is 11.8. The zero-order valence-electron chi connectivity index (χ0n) is 23.2. The number of carbonyl (C=O) groups excluding carboxylic acids is 1. The van der Waals surface area contributed by atoms with E-state index in [1.165, 1.54) is 51.3 Å². The molecule has 6 rings (SSSR count). The third-order valence-corrected chi connectivity index (χ3v) is 8.02. The van der Waals surface area contributed by atoms with Gasteiger partial charge in [0.25, 0.3) is 0 Å². The van der Waals surface area contributed by atoms with Gasteiger partial charge in [-0.3, -0.25) is 4.79 Å². The van der Waals surface area contributed by atoms with E-state index in [1.807, 2.05) is 0 Å². The SMILES string of the molecule is COC(=O)CCc1ccc(C(c2ccccc2)(c2ccccc2)c2cccc(-c3ccc4ccccc4c3)c2)cc1. The summed E-state index contributed by atoms with van der Waals surface area (Å²) in [6.07, 6.45) is 1.01. The first kappa shape index (κ1) is 26.3. The molecule has 2 heteroatoms. The van der Waals surface area contributed by atoms with Gasteiger partial charge >= 0.3 is 5.97 Å². The predicted molar refractivity (Wildman–Crippen MR) is 168 cm³/mol. The van der Waals surface area contributed by atoms with E-state index in [4.69, 9.17) is 4.74 Å². The predicted octanol–water partition coefficient (Wildman–Crippen LogP) is 9.00. The second-order valence-electron chi connectivity index (χ2n) is 10.4. The van der Waals surface area contributed by atoms with Gasteiger partial charge in [0.05, 0.1) is 12.5 Å². The standard InChI is InChI=1S/C39H32O2/c1-41-38(40)26-21-29-19-24-36(25-20-29)39(34-14-4-2-5-15-34,35-16-6-3-7-17-35)37-18-10-13-32(28-37)33-23-22-30-11-8-9-12-31(30)27-33/h2-20,22-25,27-28H,21,26H2,1H3. The maximum absolute atomic E-state index is 11.8. The van der Waals surface area contributed by atoms with Gasteiger partial charge in [0.15, 0.2) is 0 Å². The Bertz CT molecular complexity index is 1730. The van der Waals surface area contributed by atoms with Crippen molar-refractivity contribution in [3.8, 4) is 11.1 Å². The van der Waals surface area contributed by atoms with Crippen LogP contribution < -0.4 is 0 Å². The van der Waals surface area contributed by atoms with E-state index in [0.717, 1.165) is 5.56 Å². The molecule has 0 spiro atoms. The molecule has 0 aliphatic carbocycles. The molecule has 0 amide bonds. The lowest BCUT2D eigenvalue weighted by molar-refractivity contribution is -0.140. The molecule has 0 aliphatic rings. The second kappa shape index (κ2) is 11.7. The molecule has 6 aromatic carbocycles. The number of carbonyl (C=O) groups is 1. The first-order valence-electron chi connectivity index (χ1n) is 14.1. The van der Waals surface area contributed by atoms with E-state index in [-0.39, 0.29) is 5.97 Å². The minimum Gasteiger partial charge on any atom is -0.469 e. The lowest BCUT2D eigenvalue weighted by Gasteiger charge is -2.37. The van der Waals surface area contributed by atoms with Gasteiger partial charge in [0, 0.05) is 6.42 Å². The number of aryl methyl sites for hydroxylation is 1. The quantitative estimate of drug-likeness (QED) is 0.144. The van der Waals surface area contributed by atoms with Crippen LogP contribution in [0.15, 0.2) is 152 Å². The number of ether oxygens (including phenoxy) is 1. The number of hydrogen-bond acceptors (Lipinski definition) is 2. The molecule has 6 aromatic rings. The van der Waals surface area contributed by atoms with Gasteiger partial charge in [-0.05, 0) is 68.3 Å². The number of hydrogen-bond donors (Lipinski definition) is 0. The summed E-state index contributed by atoms with van der Waals surface area (Å²) in [7, 11) is 1.44. The molecule has 2 nitrogen and oxygen atoms in total. The molecular weight excluding hydrogens is 500 g/mol. The van der Waals surface area contributed by atoms with Crippen LogP contribution in [0.1, 0.15) is 34.2 Å². The number of fused-ring (bicyclic) bond motifs is 1. The maximum atomic E-state index is 11.8. The minimum absolute atomic E-state index is 0.192. The highest BCUT2D eigenvalue weighted by Crippen LogP contribution is 2.46. The lowest BCUT2D eigenvalue weighted by Crippen LogP contribution is -2.31. The molecule has 0 radical (unpaired) electrons. The highest BCUT2D eigenvalue weighted by molar-refractivity contribution is 5.87. The second-order valence-corrected chi connectivity index (χ2v) is 10.4. The smallest absolute Gasteiger partial charge is 0.305 e. The normalized spacial score (nSPS) is 11.3. The van der Waals surface area contributed by atoms with Gasteiger partial charge in [0.2, 0.25) is 0 Å². The summed E-state index contributed by atoms with van der Waals surface area (Å²) in [6, 6.07) is 54.4. The largest absolute Gasteiger partial charge is 0.469 e. The van der Waals surface area contributed by atoms with Crippen molar-refractivity contribution in [2.75, 3.05) is 7.11 Å². The summed E-state index contributed by atoms with van der Waals surface area (Å²) in [5.41, 5.74) is 7.71. The topological polar surface area (TPSA) is 26.3 Å². The van der Waals surface area contributed by atoms with Crippen molar-refractivity contribution >= 4 is 16.7 Å². The fourth-order valence-electron chi connectivity index (χ4n) is 5.95. The highest BCUT2D eigenvalue weighted by Gasteiger charge is 2.38. The molecule has 0 fully saturated rings. The Morgan fingerprint density at radius 3 is 1.76 bits per heavy atom. The average Bonchev–Trinajstić information content (AvgIpc) is 3.05. The van der Waals surface area contributed by atoms with Crippen molar-refractivity contribution in [1.82, 2.24) is 0 Å². The summed E-state index contributed by atoms with van der Waals surface area (Å²) in [6.45, 7) is 0. The molecule has 0 saturated carbocycles. The maximum Gasteiger partial charge on any atom is 0.305 e. The van der Waals surface area contributed by atoms with E-state index in [1.54, 1.807) is 0 Å². The Morgan fingerprint density at radius 2 is 1.10 bits per heavy atom. The van der Waals surface area contributed by atoms with E-state index < -0.39 is 5.41 Å². The Labute approximate surface area is 241 Å². The van der Waals surface area contributed by atoms with Gasteiger partial charge in [-0.1, -0.05) is 140 Å². The Balaban J connectivity index is 1.55. The molecule has 41 heavy (non-hydrogen) atoms. The van der Waals surface area contributed by atoms with Crippen LogP contribution >= 0.6 is 0 Å². The van der Waals surface area contributed by atoms with Crippen molar-refractivity contribution in [2.45, 2.75) is 18.3 Å². The summed E-state index contributed by atoms with van der Waals surface area (Å²) >= 11 is 0. The third kappa shape index (κ3) is 5.17. The summed E-state index contributed by atoms with van der Waals surface area (Å²) < 4.78 is 4.86. The molecular formula is C39H32O2. The van der Waals surface area contributed by atoms with Crippen molar-refractivity contribution in [2.24, 2.45) is 0 Å². The number of rotatable bonds is 8. The molecule has 0 N–H and O–H groups in total. The van der Waals surface area contributed by atoms with Crippen LogP contribution in [0.4, 0.5) is 0 Å². The molecule has 0 unspecified atom stereocenters. The monoisotopic (exact) mass is 532 g/mol. The molecule has 200 valence electrons. The molecule has 0 heterocycles. The van der Waals surface area contributed by atoms with Crippen molar-refractivity contribution in [3.63, 3.8) is 0 Å². The van der Waals surface area contributed by atoms with Crippen LogP contribution in [0, 0.1) is 0 Å². The van der Waals surface area contributed by atoms with Crippen LogP contribution in [0.5, 0.6) is 0 Å². The fraction of sp³-hybridized carbons (Fsp3) is 0.103. The Hall–Kier alpha value is -4.95.